The monoisotopic (exact) mass is 241 g/mol. The lowest BCUT2D eigenvalue weighted by Gasteiger charge is -2.20. The third kappa shape index (κ3) is 6.65. The molecule has 1 atom stereocenters. The third-order valence-corrected chi connectivity index (χ3v) is 1.98. The van der Waals surface area contributed by atoms with E-state index < -0.39 is 0 Å². The Balaban J connectivity index is 0.000000325. The average molecular weight is 241 g/mol. The standard InChI is InChI=1S/C7H11NO2.C5H8O2/c1-2-6(9)7-5-8-3-4-10-7;1-4(2)5(6)7-3/h2,7-8H,1,3-5H2;1H2,2-3H3. The van der Waals surface area contributed by atoms with Gasteiger partial charge in [0.25, 0.3) is 0 Å². The molecule has 0 aromatic rings. The van der Waals surface area contributed by atoms with Crippen LogP contribution in [0.25, 0.3) is 0 Å². The summed E-state index contributed by atoms with van der Waals surface area (Å²) in [7, 11) is 1.33. The molecule has 96 valence electrons. The minimum absolute atomic E-state index is 0.0350. The minimum atomic E-state index is -0.347. The van der Waals surface area contributed by atoms with E-state index in [2.05, 4.69) is 23.2 Å². The molecule has 0 saturated carbocycles. The minimum Gasteiger partial charge on any atom is -0.466 e. The first-order valence-corrected chi connectivity index (χ1v) is 5.25. The number of esters is 1. The Morgan fingerprint density at radius 2 is 2.18 bits per heavy atom. The fraction of sp³-hybridized carbons (Fsp3) is 0.500. The van der Waals surface area contributed by atoms with Gasteiger partial charge in [-0.25, -0.2) is 4.79 Å². The summed E-state index contributed by atoms with van der Waals surface area (Å²) < 4.78 is 9.42. The maximum Gasteiger partial charge on any atom is 0.332 e. The molecule has 1 N–H and O–H groups in total. The van der Waals surface area contributed by atoms with Gasteiger partial charge in [0.2, 0.25) is 0 Å². The Morgan fingerprint density at radius 3 is 2.47 bits per heavy atom. The smallest absolute Gasteiger partial charge is 0.332 e. The number of hydrogen-bond acceptors (Lipinski definition) is 5. The highest BCUT2D eigenvalue weighted by atomic mass is 16.5. The maximum atomic E-state index is 10.9. The van der Waals surface area contributed by atoms with Crippen molar-refractivity contribution in [1.29, 1.82) is 0 Å². The Labute approximate surface area is 101 Å². The first kappa shape index (κ1) is 15.5. The fourth-order valence-electron chi connectivity index (χ4n) is 1.05. The average Bonchev–Trinajstić information content (AvgIpc) is 2.38. The van der Waals surface area contributed by atoms with Crippen LogP contribution < -0.4 is 5.32 Å². The summed E-state index contributed by atoms with van der Waals surface area (Å²) in [6, 6.07) is 0. The molecule has 1 unspecified atom stereocenters. The van der Waals surface area contributed by atoms with Crippen LogP contribution >= 0.6 is 0 Å². The van der Waals surface area contributed by atoms with Crippen molar-refractivity contribution >= 4 is 11.8 Å². The Bertz CT molecular complexity index is 293. The molecule has 1 saturated heterocycles. The van der Waals surface area contributed by atoms with Crippen molar-refractivity contribution in [2.75, 3.05) is 26.8 Å². The Kier molecular flexibility index (Phi) is 7.92. The van der Waals surface area contributed by atoms with E-state index in [1.54, 1.807) is 6.92 Å². The van der Waals surface area contributed by atoms with Gasteiger partial charge in [-0.3, -0.25) is 4.79 Å². The second-order valence-electron chi connectivity index (χ2n) is 3.44. The van der Waals surface area contributed by atoms with E-state index in [-0.39, 0.29) is 17.9 Å². The van der Waals surface area contributed by atoms with Gasteiger partial charge in [0, 0.05) is 18.7 Å². The van der Waals surface area contributed by atoms with Gasteiger partial charge in [-0.05, 0) is 13.0 Å². The summed E-state index contributed by atoms with van der Waals surface area (Å²) in [5.74, 6) is -0.382. The topological polar surface area (TPSA) is 64.6 Å². The molecular formula is C12H19NO4. The molecule has 0 aromatic carbocycles. The van der Waals surface area contributed by atoms with E-state index in [0.717, 1.165) is 6.54 Å². The molecule has 1 aliphatic rings. The zero-order valence-electron chi connectivity index (χ0n) is 10.3. The Morgan fingerprint density at radius 1 is 1.53 bits per heavy atom. The molecule has 1 heterocycles. The highest BCUT2D eigenvalue weighted by Gasteiger charge is 2.18. The van der Waals surface area contributed by atoms with Gasteiger partial charge in [0.15, 0.2) is 5.78 Å². The number of methoxy groups -OCH3 is 1. The highest BCUT2D eigenvalue weighted by molar-refractivity contribution is 5.93. The second kappa shape index (κ2) is 8.66. The first-order chi connectivity index (χ1) is 8.02. The molecule has 5 heteroatoms. The van der Waals surface area contributed by atoms with Crippen LogP contribution in [0, 0.1) is 0 Å². The van der Waals surface area contributed by atoms with Crippen molar-refractivity contribution in [2.24, 2.45) is 0 Å². The molecule has 0 bridgehead atoms. The van der Waals surface area contributed by atoms with Crippen LogP contribution in [0.5, 0.6) is 0 Å². The van der Waals surface area contributed by atoms with Gasteiger partial charge in [0.05, 0.1) is 13.7 Å². The number of nitrogens with one attached hydrogen (secondary N) is 1. The number of carbonyl (C=O) groups excluding carboxylic acids is 2. The molecule has 1 fully saturated rings. The van der Waals surface area contributed by atoms with Gasteiger partial charge in [-0.2, -0.15) is 0 Å². The number of carbonyl (C=O) groups is 2. The lowest BCUT2D eigenvalue weighted by atomic mass is 10.2. The van der Waals surface area contributed by atoms with Crippen molar-refractivity contribution in [3.8, 4) is 0 Å². The van der Waals surface area contributed by atoms with Gasteiger partial charge in [-0.1, -0.05) is 13.2 Å². The lowest BCUT2D eigenvalue weighted by molar-refractivity contribution is -0.136. The third-order valence-electron chi connectivity index (χ3n) is 1.98. The quantitative estimate of drug-likeness (QED) is 0.574. The van der Waals surface area contributed by atoms with Crippen LogP contribution in [0.2, 0.25) is 0 Å². The molecule has 5 nitrogen and oxygen atoms in total. The van der Waals surface area contributed by atoms with E-state index >= 15 is 0 Å². The van der Waals surface area contributed by atoms with Crippen molar-refractivity contribution in [3.63, 3.8) is 0 Å². The van der Waals surface area contributed by atoms with Crippen LogP contribution in [0.3, 0.4) is 0 Å². The summed E-state index contributed by atoms with van der Waals surface area (Å²) in [6.07, 6.45) is 1.00. The lowest BCUT2D eigenvalue weighted by Crippen LogP contribution is -2.42. The number of morpholine rings is 1. The largest absolute Gasteiger partial charge is 0.466 e. The number of rotatable bonds is 3. The SMILES string of the molecule is C=C(C)C(=O)OC.C=CC(=O)C1CNCCO1. The van der Waals surface area contributed by atoms with Crippen molar-refractivity contribution in [1.82, 2.24) is 5.32 Å². The van der Waals surface area contributed by atoms with Gasteiger partial charge < -0.3 is 14.8 Å². The van der Waals surface area contributed by atoms with E-state index in [1.165, 1.54) is 13.2 Å². The molecule has 1 rings (SSSR count). The second-order valence-corrected chi connectivity index (χ2v) is 3.44. The van der Waals surface area contributed by atoms with Gasteiger partial charge in [0.1, 0.15) is 6.10 Å². The molecule has 0 amide bonds. The summed E-state index contributed by atoms with van der Waals surface area (Å²) in [4.78, 5) is 21.1. The molecule has 0 spiro atoms. The summed E-state index contributed by atoms with van der Waals surface area (Å²) >= 11 is 0. The summed E-state index contributed by atoms with van der Waals surface area (Å²) in [5.41, 5.74) is 0.433. The summed E-state index contributed by atoms with van der Waals surface area (Å²) in [6.45, 7) is 10.4. The van der Waals surface area contributed by atoms with Crippen LogP contribution in [0.1, 0.15) is 6.92 Å². The van der Waals surface area contributed by atoms with Crippen LogP contribution in [-0.4, -0.2) is 44.7 Å². The van der Waals surface area contributed by atoms with Crippen molar-refractivity contribution in [3.05, 3.63) is 24.8 Å². The zero-order valence-corrected chi connectivity index (χ0v) is 10.3. The molecule has 0 aliphatic carbocycles. The molecule has 0 radical (unpaired) electrons. The fourth-order valence-corrected chi connectivity index (χ4v) is 1.05. The number of ketones is 1. The molecule has 0 aromatic heterocycles. The van der Waals surface area contributed by atoms with Gasteiger partial charge in [-0.15, -0.1) is 0 Å². The molecule has 17 heavy (non-hydrogen) atoms. The van der Waals surface area contributed by atoms with E-state index in [4.69, 9.17) is 4.74 Å². The van der Waals surface area contributed by atoms with Gasteiger partial charge >= 0.3 is 5.97 Å². The van der Waals surface area contributed by atoms with E-state index in [1.807, 2.05) is 0 Å². The van der Waals surface area contributed by atoms with Crippen LogP contribution in [-0.2, 0) is 19.1 Å². The maximum absolute atomic E-state index is 10.9. The number of ether oxygens (including phenoxy) is 2. The number of hydrogen-bond donors (Lipinski definition) is 1. The highest BCUT2D eigenvalue weighted by Crippen LogP contribution is 1.97. The molecule has 1 aliphatic heterocycles. The van der Waals surface area contributed by atoms with E-state index in [9.17, 15) is 9.59 Å². The van der Waals surface area contributed by atoms with Crippen molar-refractivity contribution < 1.29 is 19.1 Å². The zero-order chi connectivity index (χ0) is 13.3. The van der Waals surface area contributed by atoms with E-state index in [0.29, 0.717) is 18.7 Å². The predicted octanol–water partition coefficient (Wildman–Crippen LogP) is 0.465. The summed E-state index contributed by atoms with van der Waals surface area (Å²) in [5, 5.41) is 3.06. The Hall–Kier alpha value is -1.46. The first-order valence-electron chi connectivity index (χ1n) is 5.25. The van der Waals surface area contributed by atoms with Crippen LogP contribution in [0.15, 0.2) is 24.8 Å². The van der Waals surface area contributed by atoms with Crippen molar-refractivity contribution in [2.45, 2.75) is 13.0 Å². The predicted molar refractivity (Wildman–Crippen MR) is 64.6 cm³/mol. The van der Waals surface area contributed by atoms with Crippen LogP contribution in [0.4, 0.5) is 0 Å². The molecular weight excluding hydrogens is 222 g/mol. The normalized spacial score (nSPS) is 18.4.